The zero-order valence-electron chi connectivity index (χ0n) is 23.8. The van der Waals surface area contributed by atoms with Crippen LogP contribution in [0.2, 0.25) is 10.0 Å². The summed E-state index contributed by atoms with van der Waals surface area (Å²) in [5.74, 6) is -0.916. The molecular weight excluding hydrogens is 569 g/mol. The summed E-state index contributed by atoms with van der Waals surface area (Å²) < 4.78 is 0. The van der Waals surface area contributed by atoms with Gasteiger partial charge in [0.2, 0.25) is 5.91 Å². The molecule has 1 unspecified atom stereocenters. The molecule has 2 N–H and O–H groups in total. The SMILES string of the molecule is C/C(=C\C=C(/S)CC(C)N1C(=O)C(c2cc(Cl)cc(Cl)c2)=NC12CCC(C(C)(C)C)CC2)C(=O)NCCC(=O)O. The van der Waals surface area contributed by atoms with E-state index < -0.39 is 11.6 Å². The minimum absolute atomic E-state index is 0.0588. The largest absolute Gasteiger partial charge is 0.481 e. The molecule has 1 spiro atoms. The van der Waals surface area contributed by atoms with Crippen LogP contribution >= 0.6 is 35.8 Å². The maximum absolute atomic E-state index is 14.0. The van der Waals surface area contributed by atoms with Crippen LogP contribution in [-0.2, 0) is 14.4 Å². The molecule has 1 saturated carbocycles. The van der Waals surface area contributed by atoms with Crippen LogP contribution in [0.15, 0.2) is 45.8 Å². The van der Waals surface area contributed by atoms with Gasteiger partial charge in [0, 0.05) is 33.8 Å². The van der Waals surface area contributed by atoms with Gasteiger partial charge in [-0.1, -0.05) is 56.1 Å². The van der Waals surface area contributed by atoms with E-state index in [0.29, 0.717) is 44.1 Å². The van der Waals surface area contributed by atoms with Crippen molar-refractivity contribution in [2.24, 2.45) is 16.3 Å². The molecule has 1 aliphatic carbocycles. The zero-order valence-corrected chi connectivity index (χ0v) is 26.2. The van der Waals surface area contributed by atoms with Gasteiger partial charge in [0.05, 0.1) is 6.42 Å². The molecule has 1 aromatic carbocycles. The van der Waals surface area contributed by atoms with Gasteiger partial charge in [0.25, 0.3) is 5.91 Å². The van der Waals surface area contributed by atoms with Crippen LogP contribution in [0, 0.1) is 11.3 Å². The van der Waals surface area contributed by atoms with E-state index >= 15 is 0 Å². The Morgan fingerprint density at radius 1 is 1.20 bits per heavy atom. The molecule has 0 radical (unpaired) electrons. The average Bonchev–Trinajstić information content (AvgIpc) is 3.12. The van der Waals surface area contributed by atoms with Crippen molar-refractivity contribution in [2.75, 3.05) is 6.54 Å². The van der Waals surface area contributed by atoms with Gasteiger partial charge in [-0.3, -0.25) is 19.4 Å². The normalized spacial score (nSPS) is 22.9. The average molecular weight is 609 g/mol. The second kappa shape index (κ2) is 13.1. The fourth-order valence-electron chi connectivity index (χ4n) is 5.58. The number of aliphatic imine (C=N–C) groups is 1. The number of allylic oxidation sites excluding steroid dienone is 2. The third-order valence-corrected chi connectivity index (χ3v) is 8.56. The van der Waals surface area contributed by atoms with Crippen LogP contribution in [0.25, 0.3) is 0 Å². The van der Waals surface area contributed by atoms with E-state index in [0.717, 1.165) is 25.7 Å². The maximum Gasteiger partial charge on any atom is 0.305 e. The summed E-state index contributed by atoms with van der Waals surface area (Å²) in [4.78, 5) is 44.6. The van der Waals surface area contributed by atoms with Crippen molar-refractivity contribution in [3.05, 3.63) is 56.4 Å². The number of aliphatic carboxylic acids is 1. The second-order valence-electron chi connectivity index (χ2n) is 11.9. The molecule has 218 valence electrons. The summed E-state index contributed by atoms with van der Waals surface area (Å²) in [7, 11) is 0. The highest BCUT2D eigenvalue weighted by atomic mass is 35.5. The monoisotopic (exact) mass is 607 g/mol. The number of rotatable bonds is 9. The van der Waals surface area contributed by atoms with Crippen molar-refractivity contribution in [3.8, 4) is 0 Å². The Labute approximate surface area is 252 Å². The van der Waals surface area contributed by atoms with Crippen LogP contribution in [0.5, 0.6) is 0 Å². The van der Waals surface area contributed by atoms with E-state index in [1.807, 2.05) is 11.8 Å². The van der Waals surface area contributed by atoms with Crippen molar-refractivity contribution in [1.82, 2.24) is 10.2 Å². The molecule has 7 nitrogen and oxygen atoms in total. The quantitative estimate of drug-likeness (QED) is 0.165. The number of carbonyl (C=O) groups excluding carboxylic acids is 2. The zero-order chi connectivity index (χ0) is 29.8. The fourth-order valence-corrected chi connectivity index (χ4v) is 6.45. The predicted molar refractivity (Wildman–Crippen MR) is 164 cm³/mol. The van der Waals surface area contributed by atoms with E-state index in [2.05, 4.69) is 38.7 Å². The minimum Gasteiger partial charge on any atom is -0.481 e. The Bertz CT molecular complexity index is 1220. The maximum atomic E-state index is 14.0. The molecule has 0 aromatic heterocycles. The Hall–Kier alpha value is -2.29. The number of carboxylic acid groups (broad SMARTS) is 1. The highest BCUT2D eigenvalue weighted by Gasteiger charge is 2.51. The van der Waals surface area contributed by atoms with E-state index in [1.54, 1.807) is 37.3 Å². The Kier molecular flexibility index (Phi) is 10.6. The lowest BCUT2D eigenvalue weighted by molar-refractivity contribution is -0.137. The summed E-state index contributed by atoms with van der Waals surface area (Å²) in [5, 5.41) is 12.2. The summed E-state index contributed by atoms with van der Waals surface area (Å²) in [6, 6.07) is 4.88. The Morgan fingerprint density at radius 2 is 1.80 bits per heavy atom. The molecular formula is C30H39Cl2N3O4S. The standard InChI is InChI=1S/C30H39Cl2N3O4S/c1-18(27(38)33-13-10-25(36)37)6-7-24(40)14-19(2)35-28(39)26(20-15-22(31)17-23(32)16-20)34-30(35)11-8-21(9-12-30)29(3,4)5/h6-7,15-17,19,21,40H,8-14H2,1-5H3,(H,33,38)(H,36,37)/b18-6+,24-7-. The van der Waals surface area contributed by atoms with E-state index in [4.69, 9.17) is 33.3 Å². The molecule has 0 bridgehead atoms. The van der Waals surface area contributed by atoms with Crippen LogP contribution in [0.4, 0.5) is 0 Å². The number of hydrogen-bond donors (Lipinski definition) is 3. The summed E-state index contributed by atoms with van der Waals surface area (Å²) >= 11 is 17.2. The molecule has 1 aliphatic heterocycles. The van der Waals surface area contributed by atoms with Crippen molar-refractivity contribution in [1.29, 1.82) is 0 Å². The van der Waals surface area contributed by atoms with Crippen molar-refractivity contribution in [3.63, 3.8) is 0 Å². The lowest BCUT2D eigenvalue weighted by Crippen LogP contribution is -2.53. The molecule has 3 rings (SSSR count). The number of nitrogens with zero attached hydrogens (tertiary/aromatic N) is 2. The molecule has 1 atom stereocenters. The summed E-state index contributed by atoms with van der Waals surface area (Å²) in [5.41, 5.74) is 0.959. The number of carboxylic acids is 1. The van der Waals surface area contributed by atoms with Crippen molar-refractivity contribution < 1.29 is 19.5 Å². The number of nitrogens with one attached hydrogen (secondary N) is 1. The topological polar surface area (TPSA) is 99.1 Å². The molecule has 2 amide bonds. The molecule has 10 heteroatoms. The first-order chi connectivity index (χ1) is 18.6. The smallest absolute Gasteiger partial charge is 0.305 e. The van der Waals surface area contributed by atoms with Crippen molar-refractivity contribution >= 4 is 59.3 Å². The van der Waals surface area contributed by atoms with E-state index in [9.17, 15) is 14.4 Å². The summed E-state index contributed by atoms with van der Waals surface area (Å²) in [6.45, 7) is 10.5. The highest BCUT2D eigenvalue weighted by molar-refractivity contribution is 7.84. The first kappa shape index (κ1) is 32.2. The molecule has 40 heavy (non-hydrogen) atoms. The highest BCUT2D eigenvalue weighted by Crippen LogP contribution is 2.47. The van der Waals surface area contributed by atoms with Gasteiger partial charge >= 0.3 is 5.97 Å². The lowest BCUT2D eigenvalue weighted by atomic mass is 9.69. The van der Waals surface area contributed by atoms with Crippen LogP contribution in [0.3, 0.4) is 0 Å². The van der Waals surface area contributed by atoms with Gasteiger partial charge in [0.1, 0.15) is 11.4 Å². The minimum atomic E-state index is -0.972. The third-order valence-electron chi connectivity index (χ3n) is 7.79. The van der Waals surface area contributed by atoms with E-state index in [1.165, 1.54) is 0 Å². The fraction of sp³-hybridized carbons (Fsp3) is 0.533. The number of hydrogen-bond acceptors (Lipinski definition) is 5. The third kappa shape index (κ3) is 7.92. The molecule has 2 aliphatic rings. The molecule has 1 heterocycles. The van der Waals surface area contributed by atoms with E-state index in [-0.39, 0.29) is 36.2 Å². The second-order valence-corrected chi connectivity index (χ2v) is 13.3. The first-order valence-electron chi connectivity index (χ1n) is 13.6. The molecule has 1 fully saturated rings. The number of thiol groups is 1. The number of halogens is 2. The van der Waals surface area contributed by atoms with Gasteiger partial charge in [0.15, 0.2) is 0 Å². The Balaban J connectivity index is 1.83. The predicted octanol–water partition coefficient (Wildman–Crippen LogP) is 6.69. The Morgan fingerprint density at radius 3 is 2.35 bits per heavy atom. The van der Waals surface area contributed by atoms with Crippen LogP contribution in [0.1, 0.15) is 78.7 Å². The van der Waals surface area contributed by atoms with Gasteiger partial charge in [-0.25, -0.2) is 0 Å². The lowest BCUT2D eigenvalue weighted by Gasteiger charge is -2.46. The van der Waals surface area contributed by atoms with Crippen LogP contribution in [-0.4, -0.2) is 51.8 Å². The summed E-state index contributed by atoms with van der Waals surface area (Å²) in [6.07, 6.45) is 7.20. The van der Waals surface area contributed by atoms with Crippen LogP contribution < -0.4 is 5.32 Å². The first-order valence-corrected chi connectivity index (χ1v) is 14.8. The van der Waals surface area contributed by atoms with Gasteiger partial charge in [-0.15, -0.1) is 12.6 Å². The van der Waals surface area contributed by atoms with Gasteiger partial charge < -0.3 is 15.3 Å². The molecule has 1 aromatic rings. The number of amides is 2. The number of benzene rings is 1. The molecule has 0 saturated heterocycles. The van der Waals surface area contributed by atoms with Gasteiger partial charge in [-0.05, 0) is 80.4 Å². The van der Waals surface area contributed by atoms with Crippen molar-refractivity contribution in [2.45, 2.75) is 84.8 Å². The number of carbonyl (C=O) groups is 3. The van der Waals surface area contributed by atoms with Gasteiger partial charge in [-0.2, -0.15) is 0 Å².